The third kappa shape index (κ3) is 5.52. The van der Waals surface area contributed by atoms with Gasteiger partial charge in [-0.2, -0.15) is 13.2 Å². The molecule has 108 valence electrons. The van der Waals surface area contributed by atoms with Crippen LogP contribution < -0.4 is 5.32 Å². The van der Waals surface area contributed by atoms with Gasteiger partial charge < -0.3 is 10.1 Å². The van der Waals surface area contributed by atoms with Crippen LogP contribution in [0.2, 0.25) is 0 Å². The number of rotatable bonds is 6. The molecule has 1 aromatic carbocycles. The first-order valence-electron chi connectivity index (χ1n) is 5.58. The van der Waals surface area contributed by atoms with E-state index in [1.165, 1.54) is 13.1 Å². The van der Waals surface area contributed by atoms with Crippen molar-refractivity contribution < 1.29 is 26.7 Å². The van der Waals surface area contributed by atoms with Crippen molar-refractivity contribution in [3.8, 4) is 0 Å². The van der Waals surface area contributed by atoms with Crippen LogP contribution in [0, 0.1) is 11.6 Å². The number of nitrogens with one attached hydrogen (secondary N) is 1. The zero-order valence-corrected chi connectivity index (χ0v) is 10.2. The predicted molar refractivity (Wildman–Crippen MR) is 59.8 cm³/mol. The van der Waals surface area contributed by atoms with Crippen molar-refractivity contribution in [3.05, 3.63) is 35.4 Å². The first-order chi connectivity index (χ1) is 8.83. The average Bonchev–Trinajstić information content (AvgIpc) is 2.30. The average molecular weight is 283 g/mol. The first-order valence-corrected chi connectivity index (χ1v) is 5.58. The first kappa shape index (κ1) is 15.8. The predicted octanol–water partition coefficient (Wildman–Crippen LogP) is 2.67. The van der Waals surface area contributed by atoms with Gasteiger partial charge in [0.1, 0.15) is 18.2 Å². The molecule has 1 atom stereocenters. The summed E-state index contributed by atoms with van der Waals surface area (Å²) in [4.78, 5) is 0. The highest BCUT2D eigenvalue weighted by atomic mass is 19.4. The van der Waals surface area contributed by atoms with Crippen LogP contribution in [0.3, 0.4) is 0 Å². The summed E-state index contributed by atoms with van der Waals surface area (Å²) in [6.45, 7) is -1.67. The lowest BCUT2D eigenvalue weighted by atomic mass is 10.1. The second-order valence-electron chi connectivity index (χ2n) is 4.02. The Morgan fingerprint density at radius 1 is 1.21 bits per heavy atom. The molecule has 0 fully saturated rings. The zero-order chi connectivity index (χ0) is 14.5. The number of halogens is 5. The van der Waals surface area contributed by atoms with Gasteiger partial charge in [-0.3, -0.25) is 0 Å². The third-order valence-corrected chi connectivity index (χ3v) is 2.51. The van der Waals surface area contributed by atoms with Gasteiger partial charge in [0.25, 0.3) is 0 Å². The minimum atomic E-state index is -4.42. The highest BCUT2D eigenvalue weighted by Gasteiger charge is 2.28. The molecule has 0 aliphatic carbocycles. The molecule has 7 heteroatoms. The maximum atomic E-state index is 13.4. The van der Waals surface area contributed by atoms with Crippen molar-refractivity contribution in [3.63, 3.8) is 0 Å². The summed E-state index contributed by atoms with van der Waals surface area (Å²) in [5.41, 5.74) is -0.169. The van der Waals surface area contributed by atoms with Gasteiger partial charge in [-0.15, -0.1) is 0 Å². The van der Waals surface area contributed by atoms with Gasteiger partial charge in [0.15, 0.2) is 0 Å². The quantitative estimate of drug-likeness (QED) is 0.810. The van der Waals surface area contributed by atoms with Gasteiger partial charge in [-0.05, 0) is 25.6 Å². The molecular formula is C12H14F5NO. The Kier molecular flexibility index (Phi) is 5.68. The normalized spacial score (nSPS) is 13.6. The molecule has 19 heavy (non-hydrogen) atoms. The van der Waals surface area contributed by atoms with Crippen LogP contribution in [0.15, 0.2) is 18.2 Å². The fraction of sp³-hybridized carbons (Fsp3) is 0.500. The van der Waals surface area contributed by atoms with E-state index in [-0.39, 0.29) is 18.6 Å². The molecule has 0 aliphatic heterocycles. The Morgan fingerprint density at radius 3 is 2.26 bits per heavy atom. The highest BCUT2D eigenvalue weighted by Crippen LogP contribution is 2.16. The summed E-state index contributed by atoms with van der Waals surface area (Å²) in [6.07, 6.45) is -4.51. The van der Waals surface area contributed by atoms with Crippen LogP contribution in [-0.2, 0) is 11.2 Å². The molecule has 1 aromatic rings. The zero-order valence-electron chi connectivity index (χ0n) is 10.2. The summed E-state index contributed by atoms with van der Waals surface area (Å²) in [7, 11) is 1.49. The topological polar surface area (TPSA) is 21.3 Å². The van der Waals surface area contributed by atoms with Crippen LogP contribution in [-0.4, -0.2) is 32.5 Å². The Labute approximate surface area is 107 Å². The molecule has 0 heterocycles. The number of hydrogen-bond donors (Lipinski definition) is 1. The van der Waals surface area contributed by atoms with Gasteiger partial charge in [0, 0.05) is 11.6 Å². The van der Waals surface area contributed by atoms with Gasteiger partial charge in [0.2, 0.25) is 0 Å². The molecule has 0 saturated carbocycles. The van der Waals surface area contributed by atoms with E-state index in [9.17, 15) is 22.0 Å². The van der Waals surface area contributed by atoms with Crippen molar-refractivity contribution in [1.82, 2.24) is 5.32 Å². The summed E-state index contributed by atoms with van der Waals surface area (Å²) >= 11 is 0. The second-order valence-corrected chi connectivity index (χ2v) is 4.02. The Hall–Kier alpha value is -1.21. The highest BCUT2D eigenvalue weighted by molar-refractivity contribution is 5.20. The molecule has 0 spiro atoms. The number of ether oxygens (including phenoxy) is 1. The fourth-order valence-corrected chi connectivity index (χ4v) is 1.53. The lowest BCUT2D eigenvalue weighted by Gasteiger charge is -2.17. The molecule has 0 amide bonds. The van der Waals surface area contributed by atoms with Crippen molar-refractivity contribution in [2.45, 2.75) is 18.6 Å². The van der Waals surface area contributed by atoms with Crippen LogP contribution >= 0.6 is 0 Å². The van der Waals surface area contributed by atoms with Crippen LogP contribution in [0.4, 0.5) is 22.0 Å². The van der Waals surface area contributed by atoms with E-state index in [0.29, 0.717) is 0 Å². The van der Waals surface area contributed by atoms with Crippen LogP contribution in [0.1, 0.15) is 5.56 Å². The monoisotopic (exact) mass is 283 g/mol. The van der Waals surface area contributed by atoms with E-state index in [1.54, 1.807) is 0 Å². The third-order valence-electron chi connectivity index (χ3n) is 2.51. The molecule has 0 aromatic heterocycles. The standard InChI is InChI=1S/C12H14F5NO/c1-18-8(6-19-7-12(15,16)17)5-9-10(13)3-2-4-11(9)14/h2-4,8,18H,5-7H2,1H3. The Morgan fingerprint density at radius 2 is 1.79 bits per heavy atom. The molecule has 0 bridgehead atoms. The molecule has 0 aliphatic rings. The number of hydrogen-bond acceptors (Lipinski definition) is 2. The van der Waals surface area contributed by atoms with Crippen LogP contribution in [0.25, 0.3) is 0 Å². The second kappa shape index (κ2) is 6.81. The minimum absolute atomic E-state index is 0.0904. The lowest BCUT2D eigenvalue weighted by molar-refractivity contribution is -0.175. The fourth-order valence-electron chi connectivity index (χ4n) is 1.53. The van der Waals surface area contributed by atoms with Crippen molar-refractivity contribution in [2.24, 2.45) is 0 Å². The Balaban J connectivity index is 2.57. The molecular weight excluding hydrogens is 269 g/mol. The number of likely N-dealkylation sites (N-methyl/N-ethyl adjacent to an activating group) is 1. The van der Waals surface area contributed by atoms with Crippen LogP contribution in [0.5, 0.6) is 0 Å². The molecule has 0 radical (unpaired) electrons. The summed E-state index contributed by atoms with van der Waals surface area (Å²) in [5, 5.41) is 2.67. The molecule has 0 saturated heterocycles. The van der Waals surface area contributed by atoms with Gasteiger partial charge in [-0.25, -0.2) is 8.78 Å². The van der Waals surface area contributed by atoms with E-state index < -0.39 is 30.5 Å². The molecule has 2 nitrogen and oxygen atoms in total. The van der Waals surface area contributed by atoms with E-state index in [1.807, 2.05) is 0 Å². The van der Waals surface area contributed by atoms with E-state index in [4.69, 9.17) is 0 Å². The summed E-state index contributed by atoms with van der Waals surface area (Å²) in [6, 6.07) is 2.82. The molecule has 1 unspecified atom stereocenters. The van der Waals surface area contributed by atoms with Crippen molar-refractivity contribution in [1.29, 1.82) is 0 Å². The van der Waals surface area contributed by atoms with E-state index >= 15 is 0 Å². The maximum Gasteiger partial charge on any atom is 0.411 e. The SMILES string of the molecule is CNC(COCC(F)(F)F)Cc1c(F)cccc1F. The smallest absolute Gasteiger partial charge is 0.370 e. The molecule has 1 N–H and O–H groups in total. The van der Waals surface area contributed by atoms with Crippen molar-refractivity contribution in [2.75, 3.05) is 20.3 Å². The Bertz CT molecular complexity index is 387. The summed E-state index contributed by atoms with van der Waals surface area (Å²) < 4.78 is 66.9. The lowest BCUT2D eigenvalue weighted by Crippen LogP contribution is -2.34. The largest absolute Gasteiger partial charge is 0.411 e. The number of benzene rings is 1. The minimum Gasteiger partial charge on any atom is -0.370 e. The van der Waals surface area contributed by atoms with E-state index in [2.05, 4.69) is 10.1 Å². The van der Waals surface area contributed by atoms with Gasteiger partial charge in [-0.1, -0.05) is 6.07 Å². The van der Waals surface area contributed by atoms with Crippen molar-refractivity contribution >= 4 is 0 Å². The summed E-state index contributed by atoms with van der Waals surface area (Å²) in [5.74, 6) is -1.45. The van der Waals surface area contributed by atoms with E-state index in [0.717, 1.165) is 12.1 Å². The maximum absolute atomic E-state index is 13.4. The molecule has 1 rings (SSSR count). The van der Waals surface area contributed by atoms with Gasteiger partial charge >= 0.3 is 6.18 Å². The van der Waals surface area contributed by atoms with Gasteiger partial charge in [0.05, 0.1) is 6.61 Å². The number of alkyl halides is 3.